The van der Waals surface area contributed by atoms with E-state index in [1.165, 1.54) is 37.4 Å². The number of nitrogens with one attached hydrogen (secondary N) is 2. The lowest BCUT2D eigenvalue weighted by Gasteiger charge is -2.34. The van der Waals surface area contributed by atoms with Crippen molar-refractivity contribution in [1.82, 2.24) is 20.5 Å². The van der Waals surface area contributed by atoms with E-state index in [1.54, 1.807) is 11.3 Å². The average molecular weight is 479 g/mol. The third-order valence-corrected chi connectivity index (χ3v) is 5.50. The summed E-state index contributed by atoms with van der Waals surface area (Å²) in [5, 5.41) is 8.05. The number of likely N-dealkylation sites (tertiary alicyclic amines) is 1. The van der Waals surface area contributed by atoms with Gasteiger partial charge in [-0.2, -0.15) is 0 Å². The molecule has 2 N–H and O–H groups in total. The van der Waals surface area contributed by atoms with E-state index < -0.39 is 0 Å². The first-order chi connectivity index (χ1) is 11.5. The van der Waals surface area contributed by atoms with Gasteiger partial charge in [-0.1, -0.05) is 13.8 Å². The van der Waals surface area contributed by atoms with Crippen LogP contribution in [0.15, 0.2) is 4.99 Å². The molecule has 0 amide bonds. The van der Waals surface area contributed by atoms with Crippen LogP contribution in [0.4, 0.5) is 0 Å². The van der Waals surface area contributed by atoms with Crippen molar-refractivity contribution in [2.75, 3.05) is 33.2 Å². The molecule has 7 heteroatoms. The second kappa shape index (κ2) is 11.3. The normalized spacial score (nSPS) is 19.0. The van der Waals surface area contributed by atoms with Crippen LogP contribution in [0.3, 0.4) is 0 Å². The van der Waals surface area contributed by atoms with Crippen LogP contribution in [0.25, 0.3) is 0 Å². The Bertz CT molecular complexity index is 544. The van der Waals surface area contributed by atoms with Gasteiger partial charge < -0.3 is 15.5 Å². The van der Waals surface area contributed by atoms with Gasteiger partial charge in [0.25, 0.3) is 0 Å². The highest BCUT2D eigenvalue weighted by Gasteiger charge is 2.20. The predicted octanol–water partition coefficient (Wildman–Crippen LogP) is 3.41. The number of hydrogen-bond donors (Lipinski definition) is 2. The first-order valence-corrected chi connectivity index (χ1v) is 9.89. The summed E-state index contributed by atoms with van der Waals surface area (Å²) in [4.78, 5) is 12.7. The van der Waals surface area contributed by atoms with E-state index >= 15 is 0 Å². The molecule has 1 aromatic heterocycles. The van der Waals surface area contributed by atoms with Crippen molar-refractivity contribution in [2.24, 2.45) is 16.8 Å². The largest absolute Gasteiger partial charge is 0.356 e. The molecule has 5 nitrogen and oxygen atoms in total. The number of hydrogen-bond acceptors (Lipinski definition) is 4. The van der Waals surface area contributed by atoms with Crippen molar-refractivity contribution in [3.05, 3.63) is 15.6 Å². The molecule has 144 valence electrons. The van der Waals surface area contributed by atoms with Gasteiger partial charge in [0, 0.05) is 31.6 Å². The maximum absolute atomic E-state index is 4.48. The van der Waals surface area contributed by atoms with Gasteiger partial charge in [0.15, 0.2) is 5.96 Å². The van der Waals surface area contributed by atoms with Gasteiger partial charge in [-0.3, -0.25) is 4.99 Å². The van der Waals surface area contributed by atoms with Crippen molar-refractivity contribution in [3.8, 4) is 0 Å². The Balaban J connectivity index is 0.00000312. The second-order valence-electron chi connectivity index (χ2n) is 7.21. The zero-order chi connectivity index (χ0) is 17.5. The Morgan fingerprint density at radius 2 is 2.12 bits per heavy atom. The standard InChI is InChI=1S/C18H33N5S.HI/c1-13(2)11-23-8-6-7-16(12-23)9-20-18(19-5)21-10-17-14(3)22-15(4)24-17;/h13,16H,6-12H2,1-5H3,(H2,19,20,21);1H. The lowest BCUT2D eigenvalue weighted by atomic mass is 9.97. The summed E-state index contributed by atoms with van der Waals surface area (Å²) in [6.45, 7) is 14.2. The summed E-state index contributed by atoms with van der Waals surface area (Å²) >= 11 is 1.76. The smallest absolute Gasteiger partial charge is 0.191 e. The third kappa shape index (κ3) is 7.78. The molecule has 25 heavy (non-hydrogen) atoms. The molecule has 0 saturated carbocycles. The molecule has 1 aromatic rings. The molecule has 1 aliphatic heterocycles. The van der Waals surface area contributed by atoms with Crippen molar-refractivity contribution >= 4 is 41.3 Å². The predicted molar refractivity (Wildman–Crippen MR) is 119 cm³/mol. The number of guanidine groups is 1. The highest BCUT2D eigenvalue weighted by molar-refractivity contribution is 14.0. The Hall–Kier alpha value is -0.410. The van der Waals surface area contributed by atoms with E-state index in [9.17, 15) is 0 Å². The van der Waals surface area contributed by atoms with Gasteiger partial charge in [-0.05, 0) is 45.1 Å². The zero-order valence-corrected chi connectivity index (χ0v) is 19.4. The first-order valence-electron chi connectivity index (χ1n) is 9.07. The highest BCUT2D eigenvalue weighted by Crippen LogP contribution is 2.17. The van der Waals surface area contributed by atoms with Crippen molar-refractivity contribution in [1.29, 1.82) is 0 Å². The van der Waals surface area contributed by atoms with E-state index in [0.29, 0.717) is 5.92 Å². The molecule has 2 heterocycles. The number of piperidine rings is 1. The molecule has 1 saturated heterocycles. The Morgan fingerprint density at radius 1 is 1.36 bits per heavy atom. The summed E-state index contributed by atoms with van der Waals surface area (Å²) in [5.41, 5.74) is 1.12. The molecule has 2 rings (SSSR count). The molecule has 1 unspecified atom stereocenters. The van der Waals surface area contributed by atoms with E-state index in [0.717, 1.165) is 35.7 Å². The summed E-state index contributed by atoms with van der Waals surface area (Å²) in [7, 11) is 1.84. The van der Waals surface area contributed by atoms with E-state index in [4.69, 9.17) is 0 Å². The van der Waals surface area contributed by atoms with Crippen molar-refractivity contribution < 1.29 is 0 Å². The molecule has 0 bridgehead atoms. The fourth-order valence-electron chi connectivity index (χ4n) is 3.36. The first kappa shape index (κ1) is 22.6. The number of nitrogens with zero attached hydrogens (tertiary/aromatic N) is 3. The van der Waals surface area contributed by atoms with Gasteiger partial charge in [-0.15, -0.1) is 35.3 Å². The van der Waals surface area contributed by atoms with Crippen LogP contribution in [0.1, 0.15) is 42.3 Å². The Labute approximate surface area is 174 Å². The van der Waals surface area contributed by atoms with Crippen LogP contribution in [0.5, 0.6) is 0 Å². The highest BCUT2D eigenvalue weighted by atomic mass is 127. The fourth-order valence-corrected chi connectivity index (χ4v) is 4.24. The summed E-state index contributed by atoms with van der Waals surface area (Å²) in [5.74, 6) is 2.35. The van der Waals surface area contributed by atoms with Crippen LogP contribution < -0.4 is 10.6 Å². The average Bonchev–Trinajstić information content (AvgIpc) is 2.85. The molecular formula is C18H34IN5S. The van der Waals surface area contributed by atoms with E-state index in [1.807, 2.05) is 7.05 Å². The lowest BCUT2D eigenvalue weighted by Crippen LogP contribution is -2.44. The second-order valence-corrected chi connectivity index (χ2v) is 8.50. The maximum atomic E-state index is 4.48. The third-order valence-electron chi connectivity index (χ3n) is 4.42. The molecule has 0 spiro atoms. The molecule has 1 aliphatic rings. The van der Waals surface area contributed by atoms with Crippen molar-refractivity contribution in [2.45, 2.75) is 47.1 Å². The van der Waals surface area contributed by atoms with Gasteiger partial charge in [0.2, 0.25) is 0 Å². The lowest BCUT2D eigenvalue weighted by molar-refractivity contribution is 0.159. The molecule has 1 fully saturated rings. The monoisotopic (exact) mass is 479 g/mol. The minimum atomic E-state index is 0. The summed E-state index contributed by atoms with van der Waals surface area (Å²) < 4.78 is 0. The molecular weight excluding hydrogens is 445 g/mol. The van der Waals surface area contributed by atoms with Crippen LogP contribution in [-0.2, 0) is 6.54 Å². The molecule has 1 atom stereocenters. The maximum Gasteiger partial charge on any atom is 0.191 e. The summed E-state index contributed by atoms with van der Waals surface area (Å²) in [6.07, 6.45) is 2.62. The Kier molecular flexibility index (Phi) is 10.3. The molecule has 0 aliphatic carbocycles. The number of aromatic nitrogens is 1. The van der Waals surface area contributed by atoms with Gasteiger partial charge in [0.05, 0.1) is 17.2 Å². The van der Waals surface area contributed by atoms with Gasteiger partial charge in [0.1, 0.15) is 0 Å². The van der Waals surface area contributed by atoms with Crippen LogP contribution in [0, 0.1) is 25.7 Å². The summed E-state index contributed by atoms with van der Waals surface area (Å²) in [6, 6.07) is 0. The number of thiazole rings is 1. The quantitative estimate of drug-likeness (QED) is 0.373. The van der Waals surface area contributed by atoms with Gasteiger partial charge in [-0.25, -0.2) is 4.98 Å². The molecule has 0 aromatic carbocycles. The molecule has 0 radical (unpaired) electrons. The topological polar surface area (TPSA) is 52.6 Å². The van der Waals surface area contributed by atoms with Crippen molar-refractivity contribution in [3.63, 3.8) is 0 Å². The van der Waals surface area contributed by atoms with Crippen LogP contribution in [-0.4, -0.2) is 49.1 Å². The number of aliphatic imine (C=N–C) groups is 1. The number of halogens is 1. The zero-order valence-electron chi connectivity index (χ0n) is 16.3. The minimum Gasteiger partial charge on any atom is -0.356 e. The SMILES string of the molecule is CN=C(NCc1sc(C)nc1C)NCC1CCCN(CC(C)C)C1.I. The van der Waals surface area contributed by atoms with E-state index in [2.05, 4.69) is 53.2 Å². The number of aryl methyl sites for hydroxylation is 2. The van der Waals surface area contributed by atoms with Gasteiger partial charge >= 0.3 is 0 Å². The number of rotatable bonds is 6. The minimum absolute atomic E-state index is 0. The van der Waals surface area contributed by atoms with Crippen LogP contribution in [0.2, 0.25) is 0 Å². The Morgan fingerprint density at radius 3 is 2.72 bits per heavy atom. The van der Waals surface area contributed by atoms with E-state index in [-0.39, 0.29) is 24.0 Å². The fraction of sp³-hybridized carbons (Fsp3) is 0.778. The van der Waals surface area contributed by atoms with Crippen LogP contribution >= 0.6 is 35.3 Å².